The van der Waals surface area contributed by atoms with Crippen LogP contribution in [-0.4, -0.2) is 66.4 Å². The summed E-state index contributed by atoms with van der Waals surface area (Å²) in [5, 5.41) is 8.69. The van der Waals surface area contributed by atoms with Gasteiger partial charge in [-0.05, 0) is 25.7 Å². The lowest BCUT2D eigenvalue weighted by molar-refractivity contribution is 0.0800. The molecule has 0 aliphatic heterocycles. The van der Waals surface area contributed by atoms with Crippen LogP contribution in [-0.2, 0) is 11.3 Å². The molecule has 1 aromatic rings. The molecule has 6 heteroatoms. The van der Waals surface area contributed by atoms with E-state index in [9.17, 15) is 4.79 Å². The molecule has 6 nitrogen and oxygen atoms in total. The van der Waals surface area contributed by atoms with Crippen molar-refractivity contribution in [3.63, 3.8) is 0 Å². The number of ether oxygens (including phenoxy) is 1. The molecular formula is C13H21N3O3. The number of nitrogens with zero attached hydrogens (tertiary/aromatic N) is 3. The van der Waals surface area contributed by atoms with Crippen molar-refractivity contribution in [3.8, 4) is 0 Å². The van der Waals surface area contributed by atoms with Gasteiger partial charge in [0.1, 0.15) is 6.61 Å². The van der Waals surface area contributed by atoms with Gasteiger partial charge >= 0.3 is 6.09 Å². The van der Waals surface area contributed by atoms with E-state index < -0.39 is 6.09 Å². The SMILES string of the molecule is CN(C)CCN(Cc1cccnc1)C(=O)OCCO. The quantitative estimate of drug-likeness (QED) is 0.782. The fourth-order valence-electron chi connectivity index (χ4n) is 1.49. The minimum absolute atomic E-state index is 0.0182. The second-order valence-corrected chi connectivity index (χ2v) is 4.42. The van der Waals surface area contributed by atoms with Crippen molar-refractivity contribution in [2.24, 2.45) is 0 Å². The van der Waals surface area contributed by atoms with E-state index in [0.717, 1.165) is 12.1 Å². The van der Waals surface area contributed by atoms with E-state index in [2.05, 4.69) is 4.98 Å². The van der Waals surface area contributed by atoms with Crippen LogP contribution in [0.5, 0.6) is 0 Å². The molecule has 1 rings (SSSR count). The van der Waals surface area contributed by atoms with Gasteiger partial charge in [0.05, 0.1) is 13.2 Å². The molecule has 0 aromatic carbocycles. The highest BCUT2D eigenvalue weighted by molar-refractivity contribution is 5.67. The predicted octanol–water partition coefficient (Wildman–Crippen LogP) is 0.574. The standard InChI is InChI=1S/C13H21N3O3/c1-15(2)6-7-16(13(18)19-9-8-17)11-12-4-3-5-14-10-12/h3-5,10,17H,6-9,11H2,1-2H3. The maximum atomic E-state index is 11.9. The molecule has 0 radical (unpaired) electrons. The Labute approximate surface area is 113 Å². The highest BCUT2D eigenvalue weighted by Gasteiger charge is 2.15. The molecule has 1 aromatic heterocycles. The first-order valence-electron chi connectivity index (χ1n) is 6.19. The summed E-state index contributed by atoms with van der Waals surface area (Å²) in [5.74, 6) is 0. The second-order valence-electron chi connectivity index (χ2n) is 4.42. The topological polar surface area (TPSA) is 65.9 Å². The lowest BCUT2D eigenvalue weighted by atomic mass is 10.2. The van der Waals surface area contributed by atoms with Crippen LogP contribution < -0.4 is 0 Å². The average molecular weight is 267 g/mol. The van der Waals surface area contributed by atoms with E-state index in [1.165, 1.54) is 0 Å². The van der Waals surface area contributed by atoms with Crippen LogP contribution in [0.2, 0.25) is 0 Å². The first-order chi connectivity index (χ1) is 9.13. The van der Waals surface area contributed by atoms with E-state index in [0.29, 0.717) is 13.1 Å². The van der Waals surface area contributed by atoms with E-state index in [1.54, 1.807) is 17.3 Å². The van der Waals surface area contributed by atoms with Gasteiger partial charge in [0.15, 0.2) is 0 Å². The molecule has 0 aliphatic carbocycles. The Hall–Kier alpha value is -1.66. The molecule has 0 fully saturated rings. The van der Waals surface area contributed by atoms with Crippen LogP contribution in [0.25, 0.3) is 0 Å². The number of aliphatic hydroxyl groups is 1. The molecule has 1 amide bonds. The number of hydrogen-bond acceptors (Lipinski definition) is 5. The number of carbonyl (C=O) groups excluding carboxylic acids is 1. The Morgan fingerprint density at radius 1 is 1.42 bits per heavy atom. The van der Waals surface area contributed by atoms with Gasteiger partial charge in [-0.25, -0.2) is 4.79 Å². The van der Waals surface area contributed by atoms with Crippen molar-refractivity contribution in [3.05, 3.63) is 30.1 Å². The summed E-state index contributed by atoms with van der Waals surface area (Å²) in [6.07, 6.45) is 3.00. The lowest BCUT2D eigenvalue weighted by Crippen LogP contribution is -2.37. The van der Waals surface area contributed by atoms with Gasteiger partial charge in [-0.3, -0.25) is 4.98 Å². The minimum atomic E-state index is -0.417. The molecule has 0 atom stereocenters. The molecule has 19 heavy (non-hydrogen) atoms. The second kappa shape index (κ2) is 8.44. The Bertz CT molecular complexity index is 371. The maximum absolute atomic E-state index is 11.9. The molecular weight excluding hydrogens is 246 g/mol. The first-order valence-corrected chi connectivity index (χ1v) is 6.19. The summed E-state index contributed by atoms with van der Waals surface area (Å²) in [6, 6.07) is 3.74. The largest absolute Gasteiger partial charge is 0.447 e. The summed E-state index contributed by atoms with van der Waals surface area (Å²) in [4.78, 5) is 19.5. The highest BCUT2D eigenvalue weighted by Crippen LogP contribution is 2.05. The van der Waals surface area contributed by atoms with Gasteiger partial charge in [-0.2, -0.15) is 0 Å². The van der Waals surface area contributed by atoms with Crippen LogP contribution in [0.4, 0.5) is 4.79 Å². The molecule has 1 N–H and O–H groups in total. The van der Waals surface area contributed by atoms with Gasteiger partial charge < -0.3 is 19.6 Å². The van der Waals surface area contributed by atoms with Crippen molar-refractivity contribution in [1.82, 2.24) is 14.8 Å². The number of aromatic nitrogens is 1. The Kier molecular flexibility index (Phi) is 6.84. The van der Waals surface area contributed by atoms with E-state index in [4.69, 9.17) is 9.84 Å². The third-order valence-corrected chi connectivity index (χ3v) is 2.49. The first kappa shape index (κ1) is 15.4. The normalized spacial score (nSPS) is 10.5. The van der Waals surface area contributed by atoms with Crippen LogP contribution in [0.1, 0.15) is 5.56 Å². The van der Waals surface area contributed by atoms with Crippen molar-refractivity contribution in [2.45, 2.75) is 6.54 Å². The third kappa shape index (κ3) is 6.17. The predicted molar refractivity (Wildman–Crippen MR) is 71.6 cm³/mol. The molecule has 0 spiro atoms. The number of amides is 1. The monoisotopic (exact) mass is 267 g/mol. The molecule has 0 bridgehead atoms. The van der Waals surface area contributed by atoms with Crippen molar-refractivity contribution >= 4 is 6.09 Å². The Balaban J connectivity index is 2.60. The third-order valence-electron chi connectivity index (χ3n) is 2.49. The zero-order valence-electron chi connectivity index (χ0n) is 11.5. The van der Waals surface area contributed by atoms with E-state index in [-0.39, 0.29) is 13.2 Å². The summed E-state index contributed by atoms with van der Waals surface area (Å²) in [6.45, 7) is 1.61. The van der Waals surface area contributed by atoms with E-state index >= 15 is 0 Å². The van der Waals surface area contributed by atoms with E-state index in [1.807, 2.05) is 31.1 Å². The number of hydrogen-bond donors (Lipinski definition) is 1. The Morgan fingerprint density at radius 3 is 2.79 bits per heavy atom. The van der Waals surface area contributed by atoms with Gasteiger partial charge in [-0.1, -0.05) is 6.07 Å². The van der Waals surface area contributed by atoms with Crippen LogP contribution in [0.15, 0.2) is 24.5 Å². The zero-order chi connectivity index (χ0) is 14.1. The number of likely N-dealkylation sites (N-methyl/N-ethyl adjacent to an activating group) is 1. The molecule has 0 saturated heterocycles. The smallest absolute Gasteiger partial charge is 0.410 e. The fraction of sp³-hybridized carbons (Fsp3) is 0.538. The van der Waals surface area contributed by atoms with Gasteiger partial charge in [0.25, 0.3) is 0 Å². The Morgan fingerprint density at radius 2 is 2.21 bits per heavy atom. The summed E-state index contributed by atoms with van der Waals surface area (Å²) in [7, 11) is 3.89. The van der Waals surface area contributed by atoms with Crippen LogP contribution in [0.3, 0.4) is 0 Å². The fourth-order valence-corrected chi connectivity index (χ4v) is 1.49. The van der Waals surface area contributed by atoms with Crippen molar-refractivity contribution in [2.75, 3.05) is 40.4 Å². The lowest BCUT2D eigenvalue weighted by Gasteiger charge is -2.23. The van der Waals surface area contributed by atoms with Gasteiger partial charge in [0, 0.05) is 25.5 Å². The zero-order valence-corrected chi connectivity index (χ0v) is 11.5. The molecule has 1 heterocycles. The number of rotatable bonds is 7. The highest BCUT2D eigenvalue weighted by atomic mass is 16.6. The van der Waals surface area contributed by atoms with Crippen LogP contribution >= 0.6 is 0 Å². The van der Waals surface area contributed by atoms with Gasteiger partial charge in [-0.15, -0.1) is 0 Å². The maximum Gasteiger partial charge on any atom is 0.410 e. The summed E-state index contributed by atoms with van der Waals surface area (Å²) >= 11 is 0. The summed E-state index contributed by atoms with van der Waals surface area (Å²) < 4.78 is 4.96. The average Bonchev–Trinajstić information content (AvgIpc) is 2.41. The van der Waals surface area contributed by atoms with Crippen molar-refractivity contribution in [1.29, 1.82) is 0 Å². The number of aliphatic hydroxyl groups excluding tert-OH is 1. The molecule has 0 unspecified atom stereocenters. The van der Waals surface area contributed by atoms with Crippen LogP contribution in [0, 0.1) is 0 Å². The van der Waals surface area contributed by atoms with Crippen molar-refractivity contribution < 1.29 is 14.6 Å². The number of carbonyl (C=O) groups is 1. The minimum Gasteiger partial charge on any atom is -0.447 e. The molecule has 0 saturated carbocycles. The molecule has 106 valence electrons. The number of pyridine rings is 1. The summed E-state index contributed by atoms with van der Waals surface area (Å²) in [5.41, 5.74) is 0.946. The van der Waals surface area contributed by atoms with Gasteiger partial charge in [0.2, 0.25) is 0 Å². The molecule has 0 aliphatic rings.